The Morgan fingerprint density at radius 1 is 1.08 bits per heavy atom. The topological polar surface area (TPSA) is 52.5 Å². The van der Waals surface area contributed by atoms with Gasteiger partial charge in [0.15, 0.2) is 0 Å². The summed E-state index contributed by atoms with van der Waals surface area (Å²) in [5.74, 6) is 0. The zero-order valence-corrected chi connectivity index (χ0v) is 7.29. The molecule has 2 rings (SSSR count). The van der Waals surface area contributed by atoms with Crippen LogP contribution in [0, 0.1) is 0 Å². The molecule has 0 aromatic carbocycles. The molecule has 2 aliphatic rings. The zero-order valence-electron chi connectivity index (χ0n) is 7.29. The number of hydrogen-bond acceptors (Lipinski definition) is 3. The smallest absolute Gasteiger partial charge is 0.0923 e. The van der Waals surface area contributed by atoms with Gasteiger partial charge in [-0.25, -0.2) is 0 Å². The number of β-amino-alcohol motifs (C(OH)–C–C–N with tert-alkyl or cyclic N) is 1. The normalized spacial score (nSPS) is 40.5. The van der Waals surface area contributed by atoms with Crippen LogP contribution in [0.4, 0.5) is 0 Å². The molecule has 1 heterocycles. The van der Waals surface area contributed by atoms with Crippen molar-refractivity contribution in [1.82, 2.24) is 5.32 Å². The largest absolute Gasteiger partial charge is 0.390 e. The van der Waals surface area contributed by atoms with Crippen LogP contribution in [0.5, 0.6) is 0 Å². The molecule has 0 unspecified atom stereocenters. The molecule has 0 amide bonds. The van der Waals surface area contributed by atoms with Crippen LogP contribution >= 0.6 is 0 Å². The SMILES string of the molecule is O[C@@H]1CC2(CCCC2)NC[C@@H]1O. The molecule has 0 aromatic heterocycles. The molecule has 0 radical (unpaired) electrons. The second kappa shape index (κ2) is 2.98. The zero-order chi connectivity index (χ0) is 8.60. The Kier molecular flexibility index (Phi) is 2.10. The molecule has 3 N–H and O–H groups in total. The maximum atomic E-state index is 9.51. The van der Waals surface area contributed by atoms with Gasteiger partial charge in [-0.2, -0.15) is 0 Å². The van der Waals surface area contributed by atoms with Gasteiger partial charge in [-0.3, -0.25) is 0 Å². The van der Waals surface area contributed by atoms with Crippen molar-refractivity contribution in [3.8, 4) is 0 Å². The van der Waals surface area contributed by atoms with Crippen LogP contribution in [0.1, 0.15) is 32.1 Å². The summed E-state index contributed by atoms with van der Waals surface area (Å²) in [5, 5.41) is 22.2. The second-order valence-corrected chi connectivity index (χ2v) is 4.21. The van der Waals surface area contributed by atoms with Gasteiger partial charge in [-0.05, 0) is 19.3 Å². The number of aliphatic hydroxyl groups excluding tert-OH is 2. The van der Waals surface area contributed by atoms with Crippen molar-refractivity contribution < 1.29 is 10.2 Å². The van der Waals surface area contributed by atoms with E-state index < -0.39 is 12.2 Å². The lowest BCUT2D eigenvalue weighted by atomic mass is 9.85. The third-order valence-corrected chi connectivity index (χ3v) is 3.29. The summed E-state index contributed by atoms with van der Waals surface area (Å²) in [4.78, 5) is 0. The molecule has 3 nitrogen and oxygen atoms in total. The van der Waals surface area contributed by atoms with E-state index in [1.165, 1.54) is 12.8 Å². The van der Waals surface area contributed by atoms with Gasteiger partial charge in [0.25, 0.3) is 0 Å². The first kappa shape index (κ1) is 8.48. The van der Waals surface area contributed by atoms with Gasteiger partial charge in [0.2, 0.25) is 0 Å². The fourth-order valence-electron chi connectivity index (χ4n) is 2.50. The number of aliphatic hydroxyl groups is 2. The van der Waals surface area contributed by atoms with E-state index >= 15 is 0 Å². The van der Waals surface area contributed by atoms with Crippen molar-refractivity contribution in [3.05, 3.63) is 0 Å². The molecule has 70 valence electrons. The summed E-state index contributed by atoms with van der Waals surface area (Å²) >= 11 is 0. The van der Waals surface area contributed by atoms with E-state index in [0.717, 1.165) is 19.3 Å². The van der Waals surface area contributed by atoms with Crippen LogP contribution in [-0.4, -0.2) is 34.5 Å². The summed E-state index contributed by atoms with van der Waals surface area (Å²) in [5.41, 5.74) is 0.165. The highest BCUT2D eigenvalue weighted by Gasteiger charge is 2.40. The lowest BCUT2D eigenvalue weighted by Gasteiger charge is -2.39. The summed E-state index contributed by atoms with van der Waals surface area (Å²) in [7, 11) is 0. The number of nitrogens with one attached hydrogen (secondary N) is 1. The summed E-state index contributed by atoms with van der Waals surface area (Å²) in [6.07, 6.45) is 4.51. The van der Waals surface area contributed by atoms with E-state index in [2.05, 4.69) is 5.32 Å². The average molecular weight is 171 g/mol. The van der Waals surface area contributed by atoms with Gasteiger partial charge >= 0.3 is 0 Å². The van der Waals surface area contributed by atoms with Crippen LogP contribution in [-0.2, 0) is 0 Å². The van der Waals surface area contributed by atoms with Crippen LogP contribution < -0.4 is 5.32 Å². The van der Waals surface area contributed by atoms with Crippen LogP contribution in [0.15, 0.2) is 0 Å². The molecule has 1 saturated heterocycles. The molecule has 2 fully saturated rings. The standard InChI is InChI=1S/C9H17NO2/c11-7-5-9(3-1-2-4-9)10-6-8(7)12/h7-8,10-12H,1-6H2/t7-,8+/m1/s1. The van der Waals surface area contributed by atoms with Crippen molar-refractivity contribution in [2.24, 2.45) is 0 Å². The molecule has 0 aromatic rings. The Balaban J connectivity index is 2.01. The Hall–Kier alpha value is -0.120. The van der Waals surface area contributed by atoms with E-state index in [4.69, 9.17) is 0 Å². The Labute approximate surface area is 72.8 Å². The third-order valence-electron chi connectivity index (χ3n) is 3.29. The van der Waals surface area contributed by atoms with Crippen molar-refractivity contribution in [3.63, 3.8) is 0 Å². The fourth-order valence-corrected chi connectivity index (χ4v) is 2.50. The van der Waals surface area contributed by atoms with Crippen molar-refractivity contribution in [1.29, 1.82) is 0 Å². The summed E-state index contributed by atoms with van der Waals surface area (Å²) in [6, 6.07) is 0. The maximum Gasteiger partial charge on any atom is 0.0923 e. The first-order valence-electron chi connectivity index (χ1n) is 4.83. The average Bonchev–Trinajstić information content (AvgIpc) is 2.47. The minimum absolute atomic E-state index is 0.165. The van der Waals surface area contributed by atoms with E-state index in [0.29, 0.717) is 6.54 Å². The number of piperidine rings is 1. The fraction of sp³-hybridized carbons (Fsp3) is 1.00. The Morgan fingerprint density at radius 3 is 2.33 bits per heavy atom. The van der Waals surface area contributed by atoms with E-state index in [1.54, 1.807) is 0 Å². The van der Waals surface area contributed by atoms with Crippen molar-refractivity contribution in [2.45, 2.75) is 49.9 Å². The van der Waals surface area contributed by atoms with Crippen LogP contribution in [0.3, 0.4) is 0 Å². The molecule has 0 bridgehead atoms. The van der Waals surface area contributed by atoms with E-state index in [-0.39, 0.29) is 5.54 Å². The highest BCUT2D eigenvalue weighted by atomic mass is 16.3. The second-order valence-electron chi connectivity index (χ2n) is 4.21. The Morgan fingerprint density at radius 2 is 1.75 bits per heavy atom. The van der Waals surface area contributed by atoms with Crippen molar-refractivity contribution >= 4 is 0 Å². The number of hydrogen-bond donors (Lipinski definition) is 3. The van der Waals surface area contributed by atoms with E-state index in [9.17, 15) is 10.2 Å². The molecular formula is C9H17NO2. The van der Waals surface area contributed by atoms with Gasteiger partial charge in [0.05, 0.1) is 12.2 Å². The van der Waals surface area contributed by atoms with Gasteiger partial charge in [0, 0.05) is 12.1 Å². The van der Waals surface area contributed by atoms with Gasteiger partial charge < -0.3 is 15.5 Å². The van der Waals surface area contributed by atoms with Gasteiger partial charge in [0.1, 0.15) is 0 Å². The molecule has 1 aliphatic carbocycles. The molecule has 1 spiro atoms. The Bertz CT molecular complexity index is 166. The quantitative estimate of drug-likeness (QED) is 0.481. The van der Waals surface area contributed by atoms with Crippen LogP contribution in [0.25, 0.3) is 0 Å². The minimum atomic E-state index is -0.559. The first-order chi connectivity index (χ1) is 5.72. The van der Waals surface area contributed by atoms with Crippen molar-refractivity contribution in [2.75, 3.05) is 6.54 Å². The monoisotopic (exact) mass is 171 g/mol. The summed E-state index contributed by atoms with van der Waals surface area (Å²) < 4.78 is 0. The molecule has 3 heteroatoms. The minimum Gasteiger partial charge on any atom is -0.390 e. The van der Waals surface area contributed by atoms with Crippen LogP contribution in [0.2, 0.25) is 0 Å². The van der Waals surface area contributed by atoms with Gasteiger partial charge in [-0.15, -0.1) is 0 Å². The molecule has 2 atom stereocenters. The lowest BCUT2D eigenvalue weighted by Crippen LogP contribution is -2.57. The lowest BCUT2D eigenvalue weighted by molar-refractivity contribution is -0.0320. The molecule has 12 heavy (non-hydrogen) atoms. The third kappa shape index (κ3) is 1.37. The number of rotatable bonds is 0. The summed E-state index contributed by atoms with van der Waals surface area (Å²) in [6.45, 7) is 0.557. The van der Waals surface area contributed by atoms with Gasteiger partial charge in [-0.1, -0.05) is 12.8 Å². The predicted molar refractivity (Wildman–Crippen MR) is 45.8 cm³/mol. The highest BCUT2D eigenvalue weighted by Crippen LogP contribution is 2.35. The highest BCUT2D eigenvalue weighted by molar-refractivity contribution is 4.99. The first-order valence-corrected chi connectivity index (χ1v) is 4.83. The maximum absolute atomic E-state index is 9.51. The molecular weight excluding hydrogens is 154 g/mol. The van der Waals surface area contributed by atoms with E-state index in [1.807, 2.05) is 0 Å². The molecule has 1 saturated carbocycles. The predicted octanol–water partition coefficient (Wildman–Crippen LogP) is 0.0143. The molecule has 1 aliphatic heterocycles.